The molecule has 1 saturated carbocycles. The lowest BCUT2D eigenvalue weighted by Gasteiger charge is -2.35. The largest absolute Gasteiger partial charge is 0.373 e. The second-order valence-corrected chi connectivity index (χ2v) is 8.67. The average Bonchev–Trinajstić information content (AvgIpc) is 3.26. The van der Waals surface area contributed by atoms with Crippen LogP contribution in [0.3, 0.4) is 0 Å². The predicted molar refractivity (Wildman–Crippen MR) is 117 cm³/mol. The molecule has 0 aromatic heterocycles. The van der Waals surface area contributed by atoms with Gasteiger partial charge in [-0.05, 0) is 51.0 Å². The van der Waals surface area contributed by atoms with Gasteiger partial charge in [-0.15, -0.1) is 24.0 Å². The summed E-state index contributed by atoms with van der Waals surface area (Å²) in [5, 5.41) is 3.54. The van der Waals surface area contributed by atoms with Crippen molar-refractivity contribution >= 4 is 29.9 Å². The molecule has 4 fully saturated rings. The van der Waals surface area contributed by atoms with Gasteiger partial charge in [0, 0.05) is 32.2 Å². The molecule has 6 heteroatoms. The van der Waals surface area contributed by atoms with Gasteiger partial charge in [0.25, 0.3) is 0 Å². The number of rotatable bonds is 3. The third-order valence-electron chi connectivity index (χ3n) is 6.89. The number of likely N-dealkylation sites (tertiary alicyclic amines) is 1. The van der Waals surface area contributed by atoms with Crippen LogP contribution in [-0.2, 0) is 4.74 Å². The van der Waals surface area contributed by atoms with E-state index in [0.717, 1.165) is 32.2 Å². The van der Waals surface area contributed by atoms with Crippen molar-refractivity contribution < 1.29 is 4.74 Å². The lowest BCUT2D eigenvalue weighted by atomic mass is 9.73. The van der Waals surface area contributed by atoms with Crippen LogP contribution in [0.5, 0.6) is 0 Å². The number of morpholine rings is 1. The molecule has 3 heterocycles. The van der Waals surface area contributed by atoms with Crippen LogP contribution in [0.4, 0.5) is 0 Å². The van der Waals surface area contributed by atoms with Gasteiger partial charge in [0.1, 0.15) is 0 Å². The van der Waals surface area contributed by atoms with Gasteiger partial charge in [-0.3, -0.25) is 9.89 Å². The first kappa shape index (κ1) is 20.6. The molecule has 150 valence electrons. The van der Waals surface area contributed by atoms with Crippen molar-refractivity contribution in [3.05, 3.63) is 0 Å². The molecule has 1 N–H and O–H groups in total. The van der Waals surface area contributed by atoms with Crippen LogP contribution in [0.2, 0.25) is 0 Å². The lowest BCUT2D eigenvalue weighted by Crippen LogP contribution is -2.48. The van der Waals surface area contributed by atoms with Crippen LogP contribution in [0, 0.1) is 5.41 Å². The highest BCUT2D eigenvalue weighted by molar-refractivity contribution is 14.0. The summed E-state index contributed by atoms with van der Waals surface area (Å²) in [6, 6.07) is 0.679. The molecule has 0 amide bonds. The Morgan fingerprint density at radius 2 is 2.00 bits per heavy atom. The van der Waals surface area contributed by atoms with E-state index in [1.54, 1.807) is 0 Å². The van der Waals surface area contributed by atoms with Gasteiger partial charge in [0.05, 0.1) is 19.3 Å². The summed E-state index contributed by atoms with van der Waals surface area (Å²) < 4.78 is 6.10. The number of ether oxygens (including phenoxy) is 1. The fraction of sp³-hybridized carbons (Fsp3) is 0.950. The molecule has 2 unspecified atom stereocenters. The van der Waals surface area contributed by atoms with Gasteiger partial charge >= 0.3 is 0 Å². The SMILES string of the molecule is CCNC(=NCC1CN2CCCC2CO1)N1CCC2(CCCCC2)C1.I. The smallest absolute Gasteiger partial charge is 0.194 e. The molecule has 26 heavy (non-hydrogen) atoms. The molecule has 1 spiro atoms. The van der Waals surface area contributed by atoms with Crippen molar-refractivity contribution in [1.82, 2.24) is 15.1 Å². The maximum atomic E-state index is 6.10. The maximum absolute atomic E-state index is 6.10. The van der Waals surface area contributed by atoms with Gasteiger partial charge in [-0.25, -0.2) is 0 Å². The Labute approximate surface area is 176 Å². The minimum Gasteiger partial charge on any atom is -0.373 e. The second-order valence-electron chi connectivity index (χ2n) is 8.67. The monoisotopic (exact) mass is 476 g/mol. The van der Waals surface area contributed by atoms with Crippen LogP contribution in [0.15, 0.2) is 4.99 Å². The van der Waals surface area contributed by atoms with E-state index in [4.69, 9.17) is 9.73 Å². The van der Waals surface area contributed by atoms with Crippen molar-refractivity contribution in [3.8, 4) is 0 Å². The molecule has 4 aliphatic rings. The summed E-state index contributed by atoms with van der Waals surface area (Å²) >= 11 is 0. The van der Waals surface area contributed by atoms with E-state index < -0.39 is 0 Å². The fourth-order valence-corrected chi connectivity index (χ4v) is 5.44. The van der Waals surface area contributed by atoms with Crippen LogP contribution in [0.25, 0.3) is 0 Å². The Hall–Kier alpha value is -0.0800. The van der Waals surface area contributed by atoms with Gasteiger partial charge in [-0.2, -0.15) is 0 Å². The number of fused-ring (bicyclic) bond motifs is 1. The van der Waals surface area contributed by atoms with Crippen LogP contribution >= 0.6 is 24.0 Å². The minimum atomic E-state index is 0. The molecule has 5 nitrogen and oxygen atoms in total. The Balaban J connectivity index is 0.00000196. The van der Waals surface area contributed by atoms with Crippen LogP contribution in [-0.4, -0.2) is 73.8 Å². The van der Waals surface area contributed by atoms with Gasteiger partial charge in [0.2, 0.25) is 0 Å². The van der Waals surface area contributed by atoms with Crippen molar-refractivity contribution in [3.63, 3.8) is 0 Å². The molecule has 2 atom stereocenters. The van der Waals surface area contributed by atoms with E-state index in [-0.39, 0.29) is 30.1 Å². The van der Waals surface area contributed by atoms with Crippen LogP contribution < -0.4 is 5.32 Å². The first-order valence-electron chi connectivity index (χ1n) is 10.7. The van der Waals surface area contributed by atoms with E-state index in [1.165, 1.54) is 71.0 Å². The molecule has 0 radical (unpaired) electrons. The Morgan fingerprint density at radius 3 is 2.81 bits per heavy atom. The summed E-state index contributed by atoms with van der Waals surface area (Å²) in [5.41, 5.74) is 0.582. The predicted octanol–water partition coefficient (Wildman–Crippen LogP) is 3.09. The van der Waals surface area contributed by atoms with Crippen molar-refractivity contribution in [2.75, 3.05) is 45.9 Å². The van der Waals surface area contributed by atoms with E-state index >= 15 is 0 Å². The summed E-state index contributed by atoms with van der Waals surface area (Å²) in [6.45, 7) is 9.53. The maximum Gasteiger partial charge on any atom is 0.194 e. The highest BCUT2D eigenvalue weighted by Gasteiger charge is 2.40. The Morgan fingerprint density at radius 1 is 1.15 bits per heavy atom. The zero-order valence-electron chi connectivity index (χ0n) is 16.4. The lowest BCUT2D eigenvalue weighted by molar-refractivity contribution is -0.0432. The highest BCUT2D eigenvalue weighted by Crippen LogP contribution is 2.43. The van der Waals surface area contributed by atoms with E-state index in [1.807, 2.05) is 0 Å². The molecule has 1 aliphatic carbocycles. The number of nitrogens with one attached hydrogen (secondary N) is 1. The number of hydrogen-bond acceptors (Lipinski definition) is 3. The summed E-state index contributed by atoms with van der Waals surface area (Å²) in [6.07, 6.45) is 11.4. The minimum absolute atomic E-state index is 0. The average molecular weight is 476 g/mol. The van der Waals surface area contributed by atoms with Crippen molar-refractivity contribution in [2.24, 2.45) is 10.4 Å². The summed E-state index contributed by atoms with van der Waals surface area (Å²) in [7, 11) is 0. The molecule has 0 aromatic carbocycles. The fourth-order valence-electron chi connectivity index (χ4n) is 5.44. The molecular weight excluding hydrogens is 439 g/mol. The van der Waals surface area contributed by atoms with Gasteiger partial charge in [-0.1, -0.05) is 19.3 Å². The third kappa shape index (κ3) is 4.66. The number of halogens is 1. The highest BCUT2D eigenvalue weighted by atomic mass is 127. The van der Waals surface area contributed by atoms with Gasteiger partial charge < -0.3 is 15.0 Å². The van der Waals surface area contributed by atoms with E-state index in [2.05, 4.69) is 22.0 Å². The third-order valence-corrected chi connectivity index (χ3v) is 6.89. The van der Waals surface area contributed by atoms with E-state index in [9.17, 15) is 0 Å². The number of hydrogen-bond donors (Lipinski definition) is 1. The normalized spacial score (nSPS) is 31.7. The standard InChI is InChI=1S/C20H36N4O.HI/c1-2-21-19(24-12-10-20(16-24)8-4-3-5-9-20)22-13-18-14-23-11-6-7-17(23)15-25-18;/h17-18H,2-16H2,1H3,(H,21,22);1H. The first-order chi connectivity index (χ1) is 12.3. The van der Waals surface area contributed by atoms with Crippen molar-refractivity contribution in [2.45, 2.75) is 70.4 Å². The topological polar surface area (TPSA) is 40.1 Å². The van der Waals surface area contributed by atoms with Gasteiger partial charge in [0.15, 0.2) is 5.96 Å². The number of aliphatic imine (C=N–C) groups is 1. The molecule has 3 aliphatic heterocycles. The Kier molecular flexibility index (Phi) is 7.48. The quantitative estimate of drug-likeness (QED) is 0.386. The van der Waals surface area contributed by atoms with Crippen molar-refractivity contribution in [1.29, 1.82) is 0 Å². The zero-order chi connectivity index (χ0) is 17.1. The first-order valence-corrected chi connectivity index (χ1v) is 10.7. The number of nitrogens with zero attached hydrogens (tertiary/aromatic N) is 3. The molecule has 0 bridgehead atoms. The van der Waals surface area contributed by atoms with Crippen LogP contribution in [0.1, 0.15) is 58.3 Å². The zero-order valence-corrected chi connectivity index (χ0v) is 18.7. The molecule has 4 rings (SSSR count). The molecule has 3 saturated heterocycles. The molecular formula is C20H37IN4O. The Bertz CT molecular complexity index is 480. The number of guanidine groups is 1. The summed E-state index contributed by atoms with van der Waals surface area (Å²) in [5.74, 6) is 1.12. The second kappa shape index (κ2) is 9.41. The summed E-state index contributed by atoms with van der Waals surface area (Å²) in [4.78, 5) is 10.1. The van der Waals surface area contributed by atoms with E-state index in [0.29, 0.717) is 11.5 Å². The molecule has 0 aromatic rings.